The summed E-state index contributed by atoms with van der Waals surface area (Å²) in [5.41, 5.74) is 3.46. The van der Waals surface area contributed by atoms with Gasteiger partial charge in [-0.05, 0) is 49.3 Å². The summed E-state index contributed by atoms with van der Waals surface area (Å²) in [5, 5.41) is 3.01. The molecule has 0 aliphatic heterocycles. The fourth-order valence-corrected chi connectivity index (χ4v) is 3.29. The summed E-state index contributed by atoms with van der Waals surface area (Å²) in [6.07, 6.45) is 1.91. The van der Waals surface area contributed by atoms with Crippen LogP contribution >= 0.6 is 0 Å². The highest BCUT2D eigenvalue weighted by molar-refractivity contribution is 5.87. The average molecular weight is 409 g/mol. The van der Waals surface area contributed by atoms with Crippen molar-refractivity contribution in [3.63, 3.8) is 0 Å². The van der Waals surface area contributed by atoms with Crippen molar-refractivity contribution in [2.24, 2.45) is 0 Å². The molecule has 1 N–H and O–H groups in total. The molecule has 0 saturated heterocycles. The fraction of sp³-hybridized carbons (Fsp3) is 0.462. The van der Waals surface area contributed by atoms with Crippen molar-refractivity contribution < 1.29 is 9.59 Å². The second-order valence-electron chi connectivity index (χ2n) is 8.40. The van der Waals surface area contributed by atoms with Crippen LogP contribution in [0.4, 0.5) is 0 Å². The third kappa shape index (κ3) is 7.01. The molecule has 2 amide bonds. The standard InChI is InChI=1S/C26H36N2O2/c1-6-20(4)27-26(30)21(5)28(18-23-10-8-7-9-11-23)25(29)17-14-22-12-15-24(16-13-22)19(2)3/h7-13,15-16,19-21H,6,14,17-18H2,1-5H3,(H,27,30). The third-order valence-corrected chi connectivity index (χ3v) is 5.64. The molecule has 2 atom stereocenters. The maximum atomic E-state index is 13.1. The molecule has 2 aromatic rings. The van der Waals surface area contributed by atoms with Crippen molar-refractivity contribution in [1.29, 1.82) is 0 Å². The number of carbonyl (C=O) groups excluding carboxylic acids is 2. The summed E-state index contributed by atoms with van der Waals surface area (Å²) >= 11 is 0. The highest BCUT2D eigenvalue weighted by atomic mass is 16.2. The molecule has 0 saturated carbocycles. The van der Waals surface area contributed by atoms with E-state index in [1.807, 2.05) is 51.1 Å². The van der Waals surface area contributed by atoms with E-state index in [2.05, 4.69) is 43.4 Å². The number of benzene rings is 2. The highest BCUT2D eigenvalue weighted by Gasteiger charge is 2.26. The Morgan fingerprint density at radius 2 is 1.53 bits per heavy atom. The molecule has 4 heteroatoms. The van der Waals surface area contributed by atoms with E-state index in [-0.39, 0.29) is 17.9 Å². The number of carbonyl (C=O) groups is 2. The van der Waals surface area contributed by atoms with Crippen LogP contribution in [0.3, 0.4) is 0 Å². The Morgan fingerprint density at radius 1 is 0.900 bits per heavy atom. The van der Waals surface area contributed by atoms with Crippen molar-refractivity contribution in [2.75, 3.05) is 0 Å². The van der Waals surface area contributed by atoms with Crippen LogP contribution in [0.5, 0.6) is 0 Å². The maximum Gasteiger partial charge on any atom is 0.242 e. The minimum Gasteiger partial charge on any atom is -0.352 e. The summed E-state index contributed by atoms with van der Waals surface area (Å²) in [5.74, 6) is 0.389. The molecule has 0 aromatic heterocycles. The molecule has 30 heavy (non-hydrogen) atoms. The van der Waals surface area contributed by atoms with Crippen molar-refractivity contribution in [3.8, 4) is 0 Å². The normalized spacial score (nSPS) is 13.0. The lowest BCUT2D eigenvalue weighted by Gasteiger charge is -2.29. The average Bonchev–Trinajstić information content (AvgIpc) is 2.76. The van der Waals surface area contributed by atoms with Crippen molar-refractivity contribution in [2.45, 2.75) is 78.4 Å². The number of rotatable bonds is 10. The topological polar surface area (TPSA) is 49.4 Å². The van der Waals surface area contributed by atoms with Crippen LogP contribution in [0.1, 0.15) is 70.1 Å². The lowest BCUT2D eigenvalue weighted by atomic mass is 10.00. The van der Waals surface area contributed by atoms with E-state index >= 15 is 0 Å². The van der Waals surface area contributed by atoms with E-state index in [0.29, 0.717) is 25.3 Å². The molecule has 2 unspecified atom stereocenters. The summed E-state index contributed by atoms with van der Waals surface area (Å²) in [4.78, 5) is 27.6. The molecule has 0 radical (unpaired) electrons. The van der Waals surface area contributed by atoms with Gasteiger partial charge >= 0.3 is 0 Å². The van der Waals surface area contributed by atoms with Crippen LogP contribution in [0, 0.1) is 0 Å². The minimum atomic E-state index is -0.518. The van der Waals surface area contributed by atoms with Crippen molar-refractivity contribution >= 4 is 11.8 Å². The first kappa shape index (κ1) is 23.7. The van der Waals surface area contributed by atoms with Gasteiger partial charge in [-0.2, -0.15) is 0 Å². The SMILES string of the molecule is CCC(C)NC(=O)C(C)N(Cc1ccccc1)C(=O)CCc1ccc(C(C)C)cc1. The predicted molar refractivity (Wildman–Crippen MR) is 123 cm³/mol. The summed E-state index contributed by atoms with van der Waals surface area (Å²) in [6, 6.07) is 17.9. The smallest absolute Gasteiger partial charge is 0.242 e. The number of amides is 2. The maximum absolute atomic E-state index is 13.1. The van der Waals surface area contributed by atoms with Gasteiger partial charge in [0.25, 0.3) is 0 Å². The van der Waals surface area contributed by atoms with Gasteiger partial charge < -0.3 is 10.2 Å². The molecule has 2 aromatic carbocycles. The molecular formula is C26H36N2O2. The third-order valence-electron chi connectivity index (χ3n) is 5.64. The Labute approximate surface area is 181 Å². The first-order chi connectivity index (χ1) is 14.3. The van der Waals surface area contributed by atoms with E-state index in [1.54, 1.807) is 4.90 Å². The van der Waals surface area contributed by atoms with Gasteiger partial charge in [-0.15, -0.1) is 0 Å². The van der Waals surface area contributed by atoms with E-state index in [9.17, 15) is 9.59 Å². The number of hydrogen-bond donors (Lipinski definition) is 1. The largest absolute Gasteiger partial charge is 0.352 e. The monoisotopic (exact) mass is 408 g/mol. The lowest BCUT2D eigenvalue weighted by molar-refractivity contribution is -0.140. The van der Waals surface area contributed by atoms with Crippen LogP contribution in [0.15, 0.2) is 54.6 Å². The van der Waals surface area contributed by atoms with E-state index in [1.165, 1.54) is 5.56 Å². The first-order valence-corrected chi connectivity index (χ1v) is 11.0. The van der Waals surface area contributed by atoms with Crippen molar-refractivity contribution in [3.05, 3.63) is 71.3 Å². The number of nitrogens with one attached hydrogen (secondary N) is 1. The minimum absolute atomic E-state index is 0.00130. The van der Waals surface area contributed by atoms with E-state index in [0.717, 1.165) is 17.5 Å². The molecule has 162 valence electrons. The van der Waals surface area contributed by atoms with Crippen LogP contribution in [-0.2, 0) is 22.6 Å². The van der Waals surface area contributed by atoms with Crippen molar-refractivity contribution in [1.82, 2.24) is 10.2 Å². The Morgan fingerprint density at radius 3 is 2.10 bits per heavy atom. The van der Waals surface area contributed by atoms with Gasteiger partial charge in [0.1, 0.15) is 6.04 Å². The fourth-order valence-electron chi connectivity index (χ4n) is 3.29. The van der Waals surface area contributed by atoms with Crippen LogP contribution in [0.2, 0.25) is 0 Å². The predicted octanol–water partition coefficient (Wildman–Crippen LogP) is 5.07. The molecule has 0 spiro atoms. The Balaban J connectivity index is 2.09. The zero-order valence-electron chi connectivity index (χ0n) is 19.0. The molecule has 0 heterocycles. The molecule has 4 nitrogen and oxygen atoms in total. The van der Waals surface area contributed by atoms with Gasteiger partial charge in [0.05, 0.1) is 0 Å². The van der Waals surface area contributed by atoms with E-state index < -0.39 is 6.04 Å². The zero-order valence-corrected chi connectivity index (χ0v) is 19.0. The quantitative estimate of drug-likeness (QED) is 0.596. The summed E-state index contributed by atoms with van der Waals surface area (Å²) in [7, 11) is 0. The first-order valence-electron chi connectivity index (χ1n) is 11.0. The lowest BCUT2D eigenvalue weighted by Crippen LogP contribution is -2.49. The van der Waals surface area contributed by atoms with E-state index in [4.69, 9.17) is 0 Å². The Hall–Kier alpha value is -2.62. The summed E-state index contributed by atoms with van der Waals surface area (Å²) < 4.78 is 0. The second-order valence-corrected chi connectivity index (χ2v) is 8.40. The molecule has 0 fully saturated rings. The summed E-state index contributed by atoms with van der Waals surface area (Å²) in [6.45, 7) is 10.6. The van der Waals surface area contributed by atoms with Gasteiger partial charge in [0.2, 0.25) is 11.8 Å². The van der Waals surface area contributed by atoms with Gasteiger partial charge in [-0.3, -0.25) is 9.59 Å². The van der Waals surface area contributed by atoms with Crippen LogP contribution in [0.25, 0.3) is 0 Å². The molecule has 0 aliphatic carbocycles. The molecule has 2 rings (SSSR count). The Kier molecular flexibility index (Phi) is 9.10. The van der Waals surface area contributed by atoms with Gasteiger partial charge in [0.15, 0.2) is 0 Å². The molecule has 0 aliphatic rings. The highest BCUT2D eigenvalue weighted by Crippen LogP contribution is 2.17. The number of nitrogens with zero attached hydrogens (tertiary/aromatic N) is 1. The number of aryl methyl sites for hydroxylation is 1. The van der Waals surface area contributed by atoms with Gasteiger partial charge in [-0.25, -0.2) is 0 Å². The van der Waals surface area contributed by atoms with Crippen LogP contribution < -0.4 is 5.32 Å². The molecule has 0 bridgehead atoms. The van der Waals surface area contributed by atoms with Gasteiger partial charge in [0, 0.05) is 19.0 Å². The second kappa shape index (κ2) is 11.5. The zero-order chi connectivity index (χ0) is 22.1. The van der Waals surface area contributed by atoms with Crippen LogP contribution in [-0.4, -0.2) is 28.8 Å². The molecular weight excluding hydrogens is 372 g/mol. The Bertz CT molecular complexity index is 800. The van der Waals surface area contributed by atoms with Gasteiger partial charge in [-0.1, -0.05) is 75.4 Å². The number of hydrogen-bond acceptors (Lipinski definition) is 2.